The second-order valence-electron chi connectivity index (χ2n) is 6.44. The molecule has 0 aromatic heterocycles. The third-order valence-corrected chi connectivity index (χ3v) is 5.09. The molecule has 3 nitrogen and oxygen atoms in total. The van der Waals surface area contributed by atoms with Crippen LogP contribution >= 0.6 is 11.6 Å². The summed E-state index contributed by atoms with van der Waals surface area (Å²) in [5.74, 6) is 1.64. The molecule has 0 radical (unpaired) electrons. The highest BCUT2D eigenvalue weighted by atomic mass is 35.5. The summed E-state index contributed by atoms with van der Waals surface area (Å²) in [7, 11) is 0. The highest BCUT2D eigenvalue weighted by molar-refractivity contribution is 6.30. The van der Waals surface area contributed by atoms with Crippen LogP contribution in [0.5, 0.6) is 0 Å². The SMILES string of the molecule is C[C@@H]1C[C@H]1[C@H](NC(=O)C1CCNCC1)c1ccc(Cl)cc1. The molecule has 1 heterocycles. The number of rotatable bonds is 4. The molecule has 3 rings (SSSR count). The Morgan fingerprint density at radius 1 is 1.29 bits per heavy atom. The number of benzene rings is 1. The first kappa shape index (κ1) is 14.9. The Morgan fingerprint density at radius 2 is 1.90 bits per heavy atom. The summed E-state index contributed by atoms with van der Waals surface area (Å²) in [4.78, 5) is 12.5. The Hall–Kier alpha value is -1.06. The van der Waals surface area contributed by atoms with Crippen molar-refractivity contribution in [3.63, 3.8) is 0 Å². The number of halogens is 1. The van der Waals surface area contributed by atoms with Crippen molar-refractivity contribution in [2.75, 3.05) is 13.1 Å². The number of hydrogen-bond donors (Lipinski definition) is 2. The van der Waals surface area contributed by atoms with Crippen molar-refractivity contribution >= 4 is 17.5 Å². The number of carbonyl (C=O) groups is 1. The van der Waals surface area contributed by atoms with Crippen LogP contribution in [-0.2, 0) is 4.79 Å². The van der Waals surface area contributed by atoms with E-state index in [1.54, 1.807) is 0 Å². The average molecular weight is 307 g/mol. The summed E-state index contributed by atoms with van der Waals surface area (Å²) in [5, 5.41) is 7.36. The van der Waals surface area contributed by atoms with Crippen molar-refractivity contribution in [2.45, 2.75) is 32.2 Å². The molecule has 114 valence electrons. The third kappa shape index (κ3) is 3.58. The lowest BCUT2D eigenvalue weighted by atomic mass is 9.95. The molecule has 0 bridgehead atoms. The molecule has 2 aliphatic rings. The molecular weight excluding hydrogens is 284 g/mol. The van der Waals surface area contributed by atoms with E-state index in [0.29, 0.717) is 11.8 Å². The Bertz CT molecular complexity index is 496. The van der Waals surface area contributed by atoms with Crippen LogP contribution in [0.4, 0.5) is 0 Å². The maximum Gasteiger partial charge on any atom is 0.223 e. The normalized spacial score (nSPS) is 27.1. The van der Waals surface area contributed by atoms with Gasteiger partial charge in [-0.15, -0.1) is 0 Å². The van der Waals surface area contributed by atoms with Gasteiger partial charge in [-0.3, -0.25) is 4.79 Å². The number of carbonyl (C=O) groups excluding carboxylic acids is 1. The van der Waals surface area contributed by atoms with Crippen LogP contribution in [0.15, 0.2) is 24.3 Å². The van der Waals surface area contributed by atoms with E-state index < -0.39 is 0 Å². The van der Waals surface area contributed by atoms with E-state index in [-0.39, 0.29) is 17.9 Å². The molecule has 2 fully saturated rings. The quantitative estimate of drug-likeness (QED) is 0.897. The second kappa shape index (κ2) is 6.37. The highest BCUT2D eigenvalue weighted by Crippen LogP contribution is 2.47. The highest BCUT2D eigenvalue weighted by Gasteiger charge is 2.41. The van der Waals surface area contributed by atoms with E-state index in [1.807, 2.05) is 24.3 Å². The van der Waals surface area contributed by atoms with Crippen molar-refractivity contribution in [1.82, 2.24) is 10.6 Å². The molecule has 1 aliphatic heterocycles. The Balaban J connectivity index is 1.70. The molecule has 1 aliphatic carbocycles. The largest absolute Gasteiger partial charge is 0.349 e. The molecule has 1 aromatic rings. The average Bonchev–Trinajstić information content (AvgIpc) is 3.23. The topological polar surface area (TPSA) is 41.1 Å². The van der Waals surface area contributed by atoms with Gasteiger partial charge in [-0.2, -0.15) is 0 Å². The van der Waals surface area contributed by atoms with Crippen LogP contribution in [0.3, 0.4) is 0 Å². The minimum absolute atomic E-state index is 0.139. The van der Waals surface area contributed by atoms with Gasteiger partial charge in [-0.25, -0.2) is 0 Å². The summed E-state index contributed by atoms with van der Waals surface area (Å²) in [6, 6.07) is 8.04. The fourth-order valence-electron chi connectivity index (χ4n) is 3.28. The molecule has 2 N–H and O–H groups in total. The van der Waals surface area contributed by atoms with Crippen LogP contribution in [0.1, 0.15) is 37.8 Å². The molecule has 1 amide bonds. The van der Waals surface area contributed by atoms with Crippen molar-refractivity contribution in [1.29, 1.82) is 0 Å². The molecule has 21 heavy (non-hydrogen) atoms. The van der Waals surface area contributed by atoms with Gasteiger partial charge in [0.1, 0.15) is 0 Å². The van der Waals surface area contributed by atoms with Gasteiger partial charge in [-0.1, -0.05) is 30.7 Å². The predicted molar refractivity (Wildman–Crippen MR) is 85.2 cm³/mol. The van der Waals surface area contributed by atoms with E-state index in [2.05, 4.69) is 17.6 Å². The standard InChI is InChI=1S/C17H23ClN2O/c1-11-10-15(11)16(12-2-4-14(18)5-3-12)20-17(21)13-6-8-19-9-7-13/h2-5,11,13,15-16,19H,6-10H2,1H3,(H,20,21)/t11-,15-,16-/m1/s1. The van der Waals surface area contributed by atoms with Crippen molar-refractivity contribution in [3.05, 3.63) is 34.9 Å². The van der Waals surface area contributed by atoms with Gasteiger partial charge in [0.25, 0.3) is 0 Å². The Kier molecular flexibility index (Phi) is 4.51. The zero-order chi connectivity index (χ0) is 14.8. The van der Waals surface area contributed by atoms with E-state index in [9.17, 15) is 4.79 Å². The minimum atomic E-state index is 0.139. The zero-order valence-electron chi connectivity index (χ0n) is 12.4. The maximum absolute atomic E-state index is 12.5. The monoisotopic (exact) mass is 306 g/mol. The first-order valence-electron chi connectivity index (χ1n) is 7.91. The van der Waals surface area contributed by atoms with Crippen molar-refractivity contribution in [2.24, 2.45) is 17.8 Å². The van der Waals surface area contributed by atoms with Gasteiger partial charge in [0.15, 0.2) is 0 Å². The van der Waals surface area contributed by atoms with Crippen molar-refractivity contribution in [3.8, 4) is 0 Å². The lowest BCUT2D eigenvalue weighted by Gasteiger charge is -2.26. The molecular formula is C17H23ClN2O. The molecule has 1 aromatic carbocycles. The molecule has 3 atom stereocenters. The van der Waals surface area contributed by atoms with Gasteiger partial charge >= 0.3 is 0 Å². The molecule has 4 heteroatoms. The zero-order valence-corrected chi connectivity index (χ0v) is 13.2. The van der Waals surface area contributed by atoms with Gasteiger partial charge in [-0.05, 0) is 61.9 Å². The van der Waals surface area contributed by atoms with Crippen LogP contribution in [0.25, 0.3) is 0 Å². The van der Waals surface area contributed by atoms with E-state index >= 15 is 0 Å². The fraction of sp³-hybridized carbons (Fsp3) is 0.588. The third-order valence-electron chi connectivity index (χ3n) is 4.84. The smallest absolute Gasteiger partial charge is 0.223 e. The Morgan fingerprint density at radius 3 is 2.48 bits per heavy atom. The summed E-state index contributed by atoms with van der Waals surface area (Å²) in [5.41, 5.74) is 1.18. The summed E-state index contributed by atoms with van der Waals surface area (Å²) in [6.07, 6.45) is 3.08. The lowest BCUT2D eigenvalue weighted by molar-refractivity contribution is -0.126. The lowest BCUT2D eigenvalue weighted by Crippen LogP contribution is -2.40. The minimum Gasteiger partial charge on any atom is -0.349 e. The van der Waals surface area contributed by atoms with Crippen LogP contribution in [0.2, 0.25) is 5.02 Å². The van der Waals surface area contributed by atoms with Gasteiger partial charge in [0.2, 0.25) is 5.91 Å². The van der Waals surface area contributed by atoms with E-state index in [1.165, 1.54) is 12.0 Å². The number of piperidine rings is 1. The Labute approximate surface area is 131 Å². The van der Waals surface area contributed by atoms with Crippen LogP contribution < -0.4 is 10.6 Å². The van der Waals surface area contributed by atoms with Gasteiger partial charge < -0.3 is 10.6 Å². The number of hydrogen-bond acceptors (Lipinski definition) is 2. The predicted octanol–water partition coefficient (Wildman–Crippen LogP) is 3.15. The summed E-state index contributed by atoms with van der Waals surface area (Å²) < 4.78 is 0. The van der Waals surface area contributed by atoms with Crippen molar-refractivity contribution < 1.29 is 4.79 Å². The number of nitrogens with one attached hydrogen (secondary N) is 2. The molecule has 1 saturated heterocycles. The molecule has 1 saturated carbocycles. The van der Waals surface area contributed by atoms with Gasteiger partial charge in [0.05, 0.1) is 6.04 Å². The number of amides is 1. The van der Waals surface area contributed by atoms with Crippen LogP contribution in [0, 0.1) is 17.8 Å². The first-order chi connectivity index (χ1) is 10.1. The first-order valence-corrected chi connectivity index (χ1v) is 8.29. The fourth-order valence-corrected chi connectivity index (χ4v) is 3.40. The second-order valence-corrected chi connectivity index (χ2v) is 6.88. The maximum atomic E-state index is 12.5. The summed E-state index contributed by atoms with van der Waals surface area (Å²) in [6.45, 7) is 4.15. The summed E-state index contributed by atoms with van der Waals surface area (Å²) >= 11 is 5.97. The van der Waals surface area contributed by atoms with Crippen LogP contribution in [-0.4, -0.2) is 19.0 Å². The molecule has 0 unspecified atom stereocenters. The van der Waals surface area contributed by atoms with Gasteiger partial charge in [0, 0.05) is 10.9 Å². The van der Waals surface area contributed by atoms with E-state index in [0.717, 1.165) is 31.0 Å². The van der Waals surface area contributed by atoms with E-state index in [4.69, 9.17) is 11.6 Å². The molecule has 0 spiro atoms.